The minimum absolute atomic E-state index is 0.108. The molecule has 1 fully saturated rings. The minimum Gasteiger partial charge on any atom is -0.391 e. The summed E-state index contributed by atoms with van der Waals surface area (Å²) in [5, 5.41) is 13.3. The molecule has 0 aromatic heterocycles. The average molecular weight is 514 g/mol. The summed E-state index contributed by atoms with van der Waals surface area (Å²) in [5.74, 6) is -0.818. The molecule has 3 atom stereocenters. The molecule has 0 spiro atoms. The van der Waals surface area contributed by atoms with Crippen LogP contribution in [0.5, 0.6) is 0 Å². The Kier molecular flexibility index (Phi) is 9.27. The number of nitrogens with zero attached hydrogens (tertiary/aromatic N) is 2. The van der Waals surface area contributed by atoms with Crippen molar-refractivity contribution in [3.05, 3.63) is 108 Å². The molecule has 0 aliphatic carbocycles. The summed E-state index contributed by atoms with van der Waals surface area (Å²) in [5.41, 5.74) is 2.94. The molecule has 3 unspecified atom stereocenters. The molecule has 3 aromatic carbocycles. The van der Waals surface area contributed by atoms with Crippen LogP contribution in [-0.2, 0) is 33.8 Å². The van der Waals surface area contributed by atoms with Crippen molar-refractivity contribution in [1.29, 1.82) is 0 Å². The van der Waals surface area contributed by atoms with Crippen molar-refractivity contribution >= 4 is 17.7 Å². The predicted octanol–water partition coefficient (Wildman–Crippen LogP) is 2.97. The van der Waals surface area contributed by atoms with Crippen LogP contribution in [0.2, 0.25) is 0 Å². The molecular weight excluding hydrogens is 478 g/mol. The summed E-state index contributed by atoms with van der Waals surface area (Å²) in [6, 6.07) is 27.3. The Morgan fingerprint density at radius 1 is 0.895 bits per heavy atom. The number of aryl methyl sites for hydroxylation is 1. The fraction of sp³-hybridized carbons (Fsp3) is 0.323. The second kappa shape index (κ2) is 13.0. The summed E-state index contributed by atoms with van der Waals surface area (Å²) in [7, 11) is 1.72. The van der Waals surface area contributed by atoms with Gasteiger partial charge in [0.15, 0.2) is 0 Å². The Hall–Kier alpha value is -3.97. The Balaban J connectivity index is 1.46. The molecule has 198 valence electrons. The van der Waals surface area contributed by atoms with Crippen LogP contribution >= 0.6 is 0 Å². The number of carbonyl (C=O) groups excluding carboxylic acids is 3. The normalized spacial score (nSPS) is 17.6. The molecule has 2 N–H and O–H groups in total. The van der Waals surface area contributed by atoms with E-state index < -0.39 is 24.1 Å². The van der Waals surface area contributed by atoms with Gasteiger partial charge in [0, 0.05) is 39.4 Å². The third-order valence-electron chi connectivity index (χ3n) is 6.91. The third kappa shape index (κ3) is 7.29. The van der Waals surface area contributed by atoms with Crippen LogP contribution in [0, 0.1) is 0 Å². The van der Waals surface area contributed by atoms with E-state index in [1.807, 2.05) is 91.0 Å². The largest absolute Gasteiger partial charge is 0.391 e. The number of likely N-dealkylation sites (tertiary alicyclic amines) is 1. The second-order valence-electron chi connectivity index (χ2n) is 9.87. The Bertz CT molecular complexity index is 1200. The number of rotatable bonds is 10. The zero-order valence-electron chi connectivity index (χ0n) is 21.7. The van der Waals surface area contributed by atoms with Crippen LogP contribution in [0.4, 0.5) is 0 Å². The Labute approximate surface area is 224 Å². The van der Waals surface area contributed by atoms with Crippen LogP contribution in [0.3, 0.4) is 0 Å². The van der Waals surface area contributed by atoms with Gasteiger partial charge in [0.2, 0.25) is 17.7 Å². The number of benzene rings is 3. The average Bonchev–Trinajstić information content (AvgIpc) is 3.34. The Morgan fingerprint density at radius 2 is 1.45 bits per heavy atom. The highest BCUT2D eigenvalue weighted by molar-refractivity contribution is 5.92. The van der Waals surface area contributed by atoms with Crippen molar-refractivity contribution in [2.45, 2.75) is 50.4 Å². The highest BCUT2D eigenvalue weighted by atomic mass is 16.3. The maximum absolute atomic E-state index is 13.5. The number of β-amino-alcohol motifs (C(OH)–C–C–N with tert-alkyl or cyclic N) is 1. The molecule has 1 heterocycles. The maximum atomic E-state index is 13.5. The lowest BCUT2D eigenvalue weighted by Crippen LogP contribution is -2.54. The van der Waals surface area contributed by atoms with Crippen LogP contribution in [0.1, 0.15) is 29.5 Å². The lowest BCUT2D eigenvalue weighted by atomic mass is 10.0. The second-order valence-corrected chi connectivity index (χ2v) is 9.87. The van der Waals surface area contributed by atoms with Crippen LogP contribution in [0.15, 0.2) is 91.0 Å². The topological polar surface area (TPSA) is 89.9 Å². The molecule has 3 aromatic rings. The van der Waals surface area contributed by atoms with E-state index in [4.69, 9.17) is 0 Å². The van der Waals surface area contributed by atoms with E-state index in [2.05, 4.69) is 5.32 Å². The summed E-state index contributed by atoms with van der Waals surface area (Å²) in [6.07, 6.45) is 0.485. The SMILES string of the molecule is CN(Cc1ccccc1)C(=O)C(Cc1ccccc1)NC(=O)C1CC(O)CN1C(=O)CCc1ccccc1. The van der Waals surface area contributed by atoms with Gasteiger partial charge in [-0.3, -0.25) is 14.4 Å². The first kappa shape index (κ1) is 27.1. The zero-order chi connectivity index (χ0) is 26.9. The summed E-state index contributed by atoms with van der Waals surface area (Å²) < 4.78 is 0. The summed E-state index contributed by atoms with van der Waals surface area (Å²) in [4.78, 5) is 43.1. The summed E-state index contributed by atoms with van der Waals surface area (Å²) >= 11 is 0. The monoisotopic (exact) mass is 513 g/mol. The van der Waals surface area contributed by atoms with Gasteiger partial charge in [-0.05, 0) is 23.1 Å². The number of amides is 3. The predicted molar refractivity (Wildman–Crippen MR) is 146 cm³/mol. The highest BCUT2D eigenvalue weighted by Crippen LogP contribution is 2.21. The molecular formula is C31H35N3O4. The molecule has 4 rings (SSSR count). The smallest absolute Gasteiger partial charge is 0.245 e. The first-order valence-corrected chi connectivity index (χ1v) is 13.1. The highest BCUT2D eigenvalue weighted by Gasteiger charge is 2.40. The van der Waals surface area contributed by atoms with Gasteiger partial charge in [0.25, 0.3) is 0 Å². The fourth-order valence-electron chi connectivity index (χ4n) is 4.90. The van der Waals surface area contributed by atoms with E-state index >= 15 is 0 Å². The number of hydrogen-bond donors (Lipinski definition) is 2. The molecule has 0 saturated carbocycles. The van der Waals surface area contributed by atoms with Gasteiger partial charge in [0.05, 0.1) is 6.10 Å². The van der Waals surface area contributed by atoms with Gasteiger partial charge >= 0.3 is 0 Å². The van der Waals surface area contributed by atoms with Crippen LogP contribution < -0.4 is 5.32 Å². The molecule has 1 aliphatic rings. The van der Waals surface area contributed by atoms with Gasteiger partial charge < -0.3 is 20.2 Å². The quantitative estimate of drug-likeness (QED) is 0.436. The fourth-order valence-corrected chi connectivity index (χ4v) is 4.90. The lowest BCUT2D eigenvalue weighted by molar-refractivity contribution is -0.140. The van der Waals surface area contributed by atoms with Crippen molar-refractivity contribution < 1.29 is 19.5 Å². The van der Waals surface area contributed by atoms with Gasteiger partial charge in [-0.2, -0.15) is 0 Å². The number of likely N-dealkylation sites (N-methyl/N-ethyl adjacent to an activating group) is 1. The minimum atomic E-state index is -0.821. The molecule has 7 heteroatoms. The lowest BCUT2D eigenvalue weighted by Gasteiger charge is -2.28. The van der Waals surface area contributed by atoms with Crippen LogP contribution in [0.25, 0.3) is 0 Å². The van der Waals surface area contributed by atoms with Crippen molar-refractivity contribution in [1.82, 2.24) is 15.1 Å². The summed E-state index contributed by atoms with van der Waals surface area (Å²) in [6.45, 7) is 0.518. The Morgan fingerprint density at radius 3 is 2.05 bits per heavy atom. The van der Waals surface area contributed by atoms with Gasteiger partial charge in [-0.1, -0.05) is 91.0 Å². The number of aliphatic hydroxyl groups excluding tert-OH is 1. The molecule has 1 saturated heterocycles. The number of aliphatic hydroxyl groups is 1. The molecule has 3 amide bonds. The van der Waals surface area contributed by atoms with E-state index in [1.54, 1.807) is 11.9 Å². The first-order chi connectivity index (χ1) is 18.4. The third-order valence-corrected chi connectivity index (χ3v) is 6.91. The van der Waals surface area contributed by atoms with Gasteiger partial charge in [0.1, 0.15) is 12.1 Å². The van der Waals surface area contributed by atoms with Gasteiger partial charge in [-0.25, -0.2) is 0 Å². The van der Waals surface area contributed by atoms with Crippen molar-refractivity contribution in [3.63, 3.8) is 0 Å². The van der Waals surface area contributed by atoms with Gasteiger partial charge in [-0.15, -0.1) is 0 Å². The molecule has 0 bridgehead atoms. The molecule has 1 aliphatic heterocycles. The van der Waals surface area contributed by atoms with Crippen molar-refractivity contribution in [3.8, 4) is 0 Å². The van der Waals surface area contributed by atoms with Crippen molar-refractivity contribution in [2.24, 2.45) is 0 Å². The molecule has 38 heavy (non-hydrogen) atoms. The van der Waals surface area contributed by atoms with E-state index in [1.165, 1.54) is 4.90 Å². The van der Waals surface area contributed by atoms with E-state index in [0.717, 1.165) is 16.7 Å². The number of hydrogen-bond acceptors (Lipinski definition) is 4. The first-order valence-electron chi connectivity index (χ1n) is 13.1. The number of nitrogens with one attached hydrogen (secondary N) is 1. The maximum Gasteiger partial charge on any atom is 0.245 e. The zero-order valence-corrected chi connectivity index (χ0v) is 21.7. The van der Waals surface area contributed by atoms with Crippen molar-refractivity contribution in [2.75, 3.05) is 13.6 Å². The number of carbonyl (C=O) groups is 3. The van der Waals surface area contributed by atoms with E-state index in [9.17, 15) is 19.5 Å². The molecule has 0 radical (unpaired) electrons. The van der Waals surface area contributed by atoms with E-state index in [-0.39, 0.29) is 31.2 Å². The van der Waals surface area contributed by atoms with Crippen LogP contribution in [-0.4, -0.2) is 64.4 Å². The standard InChI is InChI=1S/C31H35N3O4/c1-33(21-25-15-9-4-10-16-25)31(38)27(19-24-13-7-3-8-14-24)32-30(37)28-20-26(35)22-34(28)29(36)18-17-23-11-5-2-6-12-23/h2-16,26-28,35H,17-22H2,1H3,(H,32,37). The van der Waals surface area contributed by atoms with E-state index in [0.29, 0.717) is 19.4 Å². The molecule has 7 nitrogen and oxygen atoms in total.